The summed E-state index contributed by atoms with van der Waals surface area (Å²) in [5, 5.41) is 10.7. The zero-order valence-corrected chi connectivity index (χ0v) is 11.2. The van der Waals surface area contributed by atoms with Gasteiger partial charge in [0.05, 0.1) is 16.7 Å². The Morgan fingerprint density at radius 3 is 2.63 bits per heavy atom. The second-order valence-electron chi connectivity index (χ2n) is 5.57. The minimum Gasteiger partial charge on any atom is -0.495 e. The van der Waals surface area contributed by atoms with Crippen LogP contribution in [0.15, 0.2) is 24.3 Å². The van der Waals surface area contributed by atoms with Crippen LogP contribution in [0, 0.1) is 11.3 Å². The Morgan fingerprint density at radius 1 is 1.32 bits per heavy atom. The molecule has 0 saturated carbocycles. The standard InChI is InChI=1S/C16H18N2O/c1-16(2,3)13-8-12(18)7-10-5-6-11(9-17)15(19-4)14(10)13/h5-8H,18H2,1-4H3/i4D3. The van der Waals surface area contributed by atoms with E-state index in [0.717, 1.165) is 10.9 Å². The highest BCUT2D eigenvalue weighted by Crippen LogP contribution is 2.39. The number of hydrogen-bond acceptors (Lipinski definition) is 3. The van der Waals surface area contributed by atoms with Crippen LogP contribution >= 0.6 is 0 Å². The molecule has 0 amide bonds. The van der Waals surface area contributed by atoms with Crippen molar-refractivity contribution in [1.29, 1.82) is 5.26 Å². The second-order valence-corrected chi connectivity index (χ2v) is 5.57. The van der Waals surface area contributed by atoms with Gasteiger partial charge in [-0.1, -0.05) is 26.8 Å². The molecule has 0 aromatic heterocycles. The van der Waals surface area contributed by atoms with E-state index in [9.17, 15) is 5.26 Å². The minimum atomic E-state index is -2.63. The van der Waals surface area contributed by atoms with Crippen molar-refractivity contribution in [3.8, 4) is 11.8 Å². The molecule has 2 aromatic rings. The molecule has 2 N–H and O–H groups in total. The maximum atomic E-state index is 9.28. The van der Waals surface area contributed by atoms with Gasteiger partial charge in [-0.05, 0) is 34.6 Å². The first-order chi connectivity index (χ1) is 10.0. The summed E-state index contributed by atoms with van der Waals surface area (Å²) >= 11 is 0. The van der Waals surface area contributed by atoms with Gasteiger partial charge in [0.25, 0.3) is 0 Å². The summed E-state index contributed by atoms with van der Waals surface area (Å²) in [6.45, 7) is 6.00. The van der Waals surface area contributed by atoms with E-state index in [1.807, 2.05) is 26.8 Å². The molecular weight excluding hydrogens is 236 g/mol. The monoisotopic (exact) mass is 257 g/mol. The maximum absolute atomic E-state index is 9.28. The molecule has 0 radical (unpaired) electrons. The largest absolute Gasteiger partial charge is 0.495 e. The number of benzene rings is 2. The van der Waals surface area contributed by atoms with Crippen molar-refractivity contribution in [2.24, 2.45) is 0 Å². The Bertz CT molecular complexity index is 768. The summed E-state index contributed by atoms with van der Waals surface area (Å²) in [6.07, 6.45) is 0. The molecule has 0 aliphatic rings. The molecule has 0 fully saturated rings. The lowest BCUT2D eigenvalue weighted by atomic mass is 9.82. The van der Waals surface area contributed by atoms with Gasteiger partial charge in [-0.2, -0.15) is 5.26 Å². The molecule has 0 bridgehead atoms. The Balaban J connectivity index is 2.93. The average Bonchev–Trinajstić information content (AvgIpc) is 2.35. The Labute approximate surface area is 117 Å². The summed E-state index contributed by atoms with van der Waals surface area (Å²) in [5.41, 5.74) is 7.29. The quantitative estimate of drug-likeness (QED) is 0.794. The van der Waals surface area contributed by atoms with Crippen molar-refractivity contribution in [3.63, 3.8) is 0 Å². The van der Waals surface area contributed by atoms with E-state index in [-0.39, 0.29) is 16.7 Å². The number of ether oxygens (including phenoxy) is 1. The molecule has 0 atom stereocenters. The molecular formula is C16H18N2O. The molecule has 19 heavy (non-hydrogen) atoms. The van der Waals surface area contributed by atoms with Crippen LogP contribution in [0.25, 0.3) is 10.8 Å². The third-order valence-electron chi connectivity index (χ3n) is 3.12. The third kappa shape index (κ3) is 2.22. The molecule has 0 heterocycles. The number of nitrogens with two attached hydrogens (primary N) is 1. The first-order valence-electron chi connectivity index (χ1n) is 7.49. The van der Waals surface area contributed by atoms with Crippen molar-refractivity contribution in [2.75, 3.05) is 12.8 Å². The van der Waals surface area contributed by atoms with Crippen molar-refractivity contribution in [3.05, 3.63) is 35.4 Å². The van der Waals surface area contributed by atoms with Crippen molar-refractivity contribution in [1.82, 2.24) is 0 Å². The van der Waals surface area contributed by atoms with Gasteiger partial charge in [0.15, 0.2) is 0 Å². The van der Waals surface area contributed by atoms with Crippen LogP contribution in [0.2, 0.25) is 0 Å². The molecule has 0 aliphatic heterocycles. The average molecular weight is 257 g/mol. The molecule has 98 valence electrons. The lowest BCUT2D eigenvalue weighted by Gasteiger charge is -2.23. The molecule has 0 spiro atoms. The highest BCUT2D eigenvalue weighted by molar-refractivity contribution is 5.96. The van der Waals surface area contributed by atoms with E-state index in [2.05, 4.69) is 0 Å². The number of nitriles is 1. The minimum absolute atomic E-state index is 0.0879. The fraction of sp³-hybridized carbons (Fsp3) is 0.312. The number of anilines is 1. The fourth-order valence-electron chi connectivity index (χ4n) is 2.24. The lowest BCUT2D eigenvalue weighted by Crippen LogP contribution is -2.13. The SMILES string of the molecule is [2H]C([2H])([2H])Oc1c(C#N)ccc2cc(N)cc(C(C)(C)C)c12. The first-order valence-corrected chi connectivity index (χ1v) is 5.99. The normalized spacial score (nSPS) is 14.3. The molecule has 0 saturated heterocycles. The van der Waals surface area contributed by atoms with Gasteiger partial charge in [0, 0.05) is 11.1 Å². The summed E-state index contributed by atoms with van der Waals surface area (Å²) in [4.78, 5) is 0. The number of hydrogen-bond donors (Lipinski definition) is 1. The van der Waals surface area contributed by atoms with E-state index >= 15 is 0 Å². The first kappa shape index (κ1) is 9.69. The number of fused-ring (bicyclic) bond motifs is 1. The Hall–Kier alpha value is -2.21. The number of nitrogen functional groups attached to an aromatic ring is 1. The maximum Gasteiger partial charge on any atom is 0.144 e. The summed E-state index contributed by atoms with van der Waals surface area (Å²) in [7, 11) is -2.63. The number of rotatable bonds is 1. The smallest absolute Gasteiger partial charge is 0.144 e. The summed E-state index contributed by atoms with van der Waals surface area (Å²) < 4.78 is 27.2. The highest BCUT2D eigenvalue weighted by atomic mass is 16.5. The van der Waals surface area contributed by atoms with Gasteiger partial charge >= 0.3 is 0 Å². The lowest BCUT2D eigenvalue weighted by molar-refractivity contribution is 0.417. The zero-order valence-electron chi connectivity index (χ0n) is 14.2. The van der Waals surface area contributed by atoms with Crippen LogP contribution in [0.4, 0.5) is 5.69 Å². The van der Waals surface area contributed by atoms with Gasteiger partial charge in [-0.15, -0.1) is 0 Å². The number of methoxy groups -OCH3 is 1. The van der Waals surface area contributed by atoms with Crippen LogP contribution in [0.5, 0.6) is 5.75 Å². The van der Waals surface area contributed by atoms with Crippen molar-refractivity contribution >= 4 is 16.5 Å². The molecule has 2 rings (SSSR count). The highest BCUT2D eigenvalue weighted by Gasteiger charge is 2.21. The van der Waals surface area contributed by atoms with E-state index in [1.165, 1.54) is 0 Å². The van der Waals surface area contributed by atoms with E-state index in [1.54, 1.807) is 24.3 Å². The third-order valence-corrected chi connectivity index (χ3v) is 3.12. The molecule has 3 heteroatoms. The second kappa shape index (κ2) is 4.47. The summed E-state index contributed by atoms with van der Waals surface area (Å²) in [5.74, 6) is 0.0879. The Morgan fingerprint density at radius 2 is 2.05 bits per heavy atom. The molecule has 0 unspecified atom stereocenters. The predicted molar refractivity (Wildman–Crippen MR) is 78.3 cm³/mol. The van der Waals surface area contributed by atoms with Crippen LogP contribution in [-0.2, 0) is 5.41 Å². The van der Waals surface area contributed by atoms with Crippen LogP contribution < -0.4 is 10.5 Å². The van der Waals surface area contributed by atoms with E-state index < -0.39 is 7.04 Å². The topological polar surface area (TPSA) is 59.0 Å². The van der Waals surface area contributed by atoms with Gasteiger partial charge < -0.3 is 10.5 Å². The fourth-order valence-corrected chi connectivity index (χ4v) is 2.24. The van der Waals surface area contributed by atoms with E-state index in [4.69, 9.17) is 14.6 Å². The zero-order chi connectivity index (χ0) is 16.7. The van der Waals surface area contributed by atoms with Crippen LogP contribution in [0.3, 0.4) is 0 Å². The molecule has 2 aromatic carbocycles. The van der Waals surface area contributed by atoms with Gasteiger partial charge in [0.2, 0.25) is 0 Å². The van der Waals surface area contributed by atoms with Gasteiger partial charge in [-0.3, -0.25) is 0 Å². The van der Waals surface area contributed by atoms with Crippen LogP contribution in [0.1, 0.15) is 36.0 Å². The molecule has 3 nitrogen and oxygen atoms in total. The van der Waals surface area contributed by atoms with E-state index in [0.29, 0.717) is 11.1 Å². The van der Waals surface area contributed by atoms with Crippen molar-refractivity contribution < 1.29 is 8.85 Å². The number of nitrogens with zero attached hydrogens (tertiary/aromatic N) is 1. The van der Waals surface area contributed by atoms with Crippen LogP contribution in [-0.4, -0.2) is 7.04 Å². The van der Waals surface area contributed by atoms with Gasteiger partial charge in [-0.25, -0.2) is 0 Å². The summed E-state index contributed by atoms with van der Waals surface area (Å²) in [6, 6.07) is 8.85. The Kier molecular flexibility index (Phi) is 2.28. The van der Waals surface area contributed by atoms with Gasteiger partial charge in [0.1, 0.15) is 11.8 Å². The molecule has 0 aliphatic carbocycles. The van der Waals surface area contributed by atoms with Crippen molar-refractivity contribution in [2.45, 2.75) is 26.2 Å². The predicted octanol–water partition coefficient (Wildman–Crippen LogP) is 3.60.